The van der Waals surface area contributed by atoms with Gasteiger partial charge in [-0.15, -0.1) is 5.10 Å². The van der Waals surface area contributed by atoms with Gasteiger partial charge in [-0.2, -0.15) is 0 Å². The van der Waals surface area contributed by atoms with Crippen LogP contribution in [0.2, 0.25) is 6.04 Å². The Morgan fingerprint density at radius 2 is 1.77 bits per heavy atom. The predicted octanol–water partition coefficient (Wildman–Crippen LogP) is 2.83. The van der Waals surface area contributed by atoms with Crippen molar-refractivity contribution in [2.24, 2.45) is 0 Å². The van der Waals surface area contributed by atoms with E-state index in [1.807, 2.05) is 30.3 Å². The second kappa shape index (κ2) is 8.44. The summed E-state index contributed by atoms with van der Waals surface area (Å²) in [5.41, 5.74) is 1.03. The largest absolute Gasteiger partial charge is 0.500 e. The lowest BCUT2D eigenvalue weighted by Gasteiger charge is -2.23. The summed E-state index contributed by atoms with van der Waals surface area (Å²) in [6, 6.07) is 10.7. The van der Waals surface area contributed by atoms with Crippen LogP contribution < -0.4 is 0 Å². The van der Waals surface area contributed by atoms with Gasteiger partial charge in [0.15, 0.2) is 5.82 Å². The molecule has 8 heteroatoms. The Kier molecular flexibility index (Phi) is 6.59. The number of aromatic amines is 1. The number of nitrogens with zero attached hydrogens (tertiary/aromatic N) is 2. The SMILES string of the molecule is CO[Si](CCCSc1n[nH]c(-c2ccccc2)n1)(OC)OC. The van der Waals surface area contributed by atoms with Crippen molar-refractivity contribution in [2.75, 3.05) is 27.1 Å². The first kappa shape index (κ1) is 17.2. The lowest BCUT2D eigenvalue weighted by Crippen LogP contribution is -2.42. The number of benzene rings is 1. The van der Waals surface area contributed by atoms with Crippen LogP contribution in [-0.2, 0) is 13.3 Å². The average molecular weight is 339 g/mol. The van der Waals surface area contributed by atoms with Crippen LogP contribution in [0, 0.1) is 0 Å². The van der Waals surface area contributed by atoms with Gasteiger partial charge in [-0.3, -0.25) is 5.10 Å². The molecule has 0 aliphatic heterocycles. The van der Waals surface area contributed by atoms with Gasteiger partial charge < -0.3 is 13.3 Å². The van der Waals surface area contributed by atoms with Crippen molar-refractivity contribution in [1.29, 1.82) is 0 Å². The molecule has 1 aromatic carbocycles. The van der Waals surface area contributed by atoms with Crippen molar-refractivity contribution < 1.29 is 13.3 Å². The molecule has 0 spiro atoms. The van der Waals surface area contributed by atoms with Crippen molar-refractivity contribution in [3.8, 4) is 11.4 Å². The summed E-state index contributed by atoms with van der Waals surface area (Å²) in [7, 11) is 2.43. The second-order valence-electron chi connectivity index (χ2n) is 4.58. The van der Waals surface area contributed by atoms with Crippen molar-refractivity contribution >= 4 is 20.6 Å². The van der Waals surface area contributed by atoms with Gasteiger partial charge in [0.1, 0.15) is 0 Å². The average Bonchev–Trinajstić information content (AvgIpc) is 3.05. The van der Waals surface area contributed by atoms with Crippen molar-refractivity contribution in [1.82, 2.24) is 15.2 Å². The molecule has 2 aromatic rings. The standard InChI is InChI=1S/C14H21N3O3SSi/c1-18-22(19-2,20-3)11-7-10-21-14-15-13(16-17-14)12-8-5-4-6-9-12/h4-6,8-9H,7,10-11H2,1-3H3,(H,15,16,17). The molecule has 0 aliphatic carbocycles. The van der Waals surface area contributed by atoms with Crippen LogP contribution in [0.25, 0.3) is 11.4 Å². The molecule has 0 radical (unpaired) electrons. The minimum absolute atomic E-state index is 0.748. The highest BCUT2D eigenvalue weighted by molar-refractivity contribution is 7.99. The maximum atomic E-state index is 5.40. The van der Waals surface area contributed by atoms with E-state index in [4.69, 9.17) is 13.3 Å². The molecule has 0 saturated heterocycles. The molecule has 0 amide bonds. The highest BCUT2D eigenvalue weighted by Gasteiger charge is 2.36. The predicted molar refractivity (Wildman–Crippen MR) is 88.7 cm³/mol. The Morgan fingerprint density at radius 1 is 1.09 bits per heavy atom. The van der Waals surface area contributed by atoms with E-state index in [0.29, 0.717) is 0 Å². The molecule has 0 aliphatic rings. The van der Waals surface area contributed by atoms with Crippen LogP contribution in [0.3, 0.4) is 0 Å². The summed E-state index contributed by atoms with van der Waals surface area (Å²) in [5.74, 6) is 1.68. The zero-order valence-electron chi connectivity index (χ0n) is 13.0. The molecule has 2 rings (SSSR count). The number of hydrogen-bond acceptors (Lipinski definition) is 6. The van der Waals surface area contributed by atoms with E-state index in [1.165, 1.54) is 0 Å². The van der Waals surface area contributed by atoms with Gasteiger partial charge in [0.25, 0.3) is 0 Å². The molecule has 6 nitrogen and oxygen atoms in total. The number of aromatic nitrogens is 3. The van der Waals surface area contributed by atoms with Crippen molar-refractivity contribution in [2.45, 2.75) is 17.6 Å². The van der Waals surface area contributed by atoms with Crippen LogP contribution >= 0.6 is 11.8 Å². The van der Waals surface area contributed by atoms with Gasteiger partial charge in [0.05, 0.1) is 0 Å². The molecule has 1 aromatic heterocycles. The summed E-state index contributed by atoms with van der Waals surface area (Å²) in [6.45, 7) is 0. The third-order valence-corrected chi connectivity index (χ3v) is 7.07. The summed E-state index contributed by atoms with van der Waals surface area (Å²) in [4.78, 5) is 4.49. The van der Waals surface area contributed by atoms with Crippen LogP contribution in [0.15, 0.2) is 35.5 Å². The summed E-state index contributed by atoms with van der Waals surface area (Å²) in [5, 5.41) is 7.95. The van der Waals surface area contributed by atoms with Gasteiger partial charge in [0, 0.05) is 38.7 Å². The van der Waals surface area contributed by atoms with E-state index in [0.717, 1.165) is 34.8 Å². The second-order valence-corrected chi connectivity index (χ2v) is 8.73. The van der Waals surface area contributed by atoms with Crippen molar-refractivity contribution in [3.05, 3.63) is 30.3 Å². The Bertz CT molecular complexity index is 555. The van der Waals surface area contributed by atoms with E-state index >= 15 is 0 Å². The Morgan fingerprint density at radius 3 is 2.41 bits per heavy atom. The Balaban J connectivity index is 1.82. The van der Waals surface area contributed by atoms with Gasteiger partial charge in [-0.1, -0.05) is 42.1 Å². The van der Waals surface area contributed by atoms with E-state index in [1.54, 1.807) is 33.1 Å². The molecule has 1 N–H and O–H groups in total. The molecular weight excluding hydrogens is 318 g/mol. The normalized spacial score (nSPS) is 11.8. The summed E-state index contributed by atoms with van der Waals surface area (Å²) in [6.07, 6.45) is 0.918. The fourth-order valence-electron chi connectivity index (χ4n) is 2.04. The maximum absolute atomic E-state index is 5.40. The van der Waals surface area contributed by atoms with Crippen molar-refractivity contribution in [3.63, 3.8) is 0 Å². The molecule has 0 saturated carbocycles. The lowest BCUT2D eigenvalue weighted by molar-refractivity contribution is 0.123. The minimum Gasteiger partial charge on any atom is -0.377 e. The fourth-order valence-corrected chi connectivity index (χ4v) is 4.76. The van der Waals surface area contributed by atoms with E-state index in [9.17, 15) is 0 Å². The molecule has 0 fully saturated rings. The number of H-pyrrole nitrogens is 1. The zero-order chi connectivity index (χ0) is 15.8. The van der Waals surface area contributed by atoms with Crippen LogP contribution in [0.1, 0.15) is 6.42 Å². The topological polar surface area (TPSA) is 69.3 Å². The molecular formula is C14H21N3O3SSi. The van der Waals surface area contributed by atoms with Gasteiger partial charge in [-0.05, 0) is 6.42 Å². The number of hydrogen-bond donors (Lipinski definition) is 1. The third-order valence-electron chi connectivity index (χ3n) is 3.30. The molecule has 120 valence electrons. The molecule has 1 heterocycles. The molecule has 0 bridgehead atoms. The monoisotopic (exact) mass is 339 g/mol. The van der Waals surface area contributed by atoms with Gasteiger partial charge in [0.2, 0.25) is 5.16 Å². The van der Waals surface area contributed by atoms with Gasteiger partial charge >= 0.3 is 8.80 Å². The lowest BCUT2D eigenvalue weighted by atomic mass is 10.2. The minimum atomic E-state index is -2.46. The van der Waals surface area contributed by atoms with E-state index in [2.05, 4.69) is 15.2 Å². The van der Waals surface area contributed by atoms with Gasteiger partial charge in [-0.25, -0.2) is 4.98 Å². The summed E-state index contributed by atoms with van der Waals surface area (Å²) >= 11 is 1.61. The number of thioether (sulfide) groups is 1. The Labute approximate surface area is 136 Å². The quantitative estimate of drug-likeness (QED) is 0.430. The van der Waals surface area contributed by atoms with E-state index < -0.39 is 8.80 Å². The smallest absolute Gasteiger partial charge is 0.377 e. The molecule has 0 atom stereocenters. The first-order chi connectivity index (χ1) is 10.7. The first-order valence-electron chi connectivity index (χ1n) is 6.99. The molecule has 22 heavy (non-hydrogen) atoms. The maximum Gasteiger partial charge on any atom is 0.500 e. The van der Waals surface area contributed by atoms with Crippen LogP contribution in [-0.4, -0.2) is 51.1 Å². The van der Waals surface area contributed by atoms with E-state index in [-0.39, 0.29) is 0 Å². The summed E-state index contributed by atoms with van der Waals surface area (Å²) < 4.78 is 16.2. The Hall–Kier alpha value is -1.19. The van der Waals surface area contributed by atoms with Crippen LogP contribution in [0.4, 0.5) is 0 Å². The third kappa shape index (κ3) is 4.40. The highest BCUT2D eigenvalue weighted by Crippen LogP contribution is 2.22. The fraction of sp³-hybridized carbons (Fsp3) is 0.429. The number of nitrogens with one attached hydrogen (secondary N) is 1. The first-order valence-corrected chi connectivity index (χ1v) is 9.91. The van der Waals surface area contributed by atoms with Crippen LogP contribution in [0.5, 0.6) is 0 Å². The molecule has 0 unspecified atom stereocenters. The number of rotatable bonds is 9. The zero-order valence-corrected chi connectivity index (χ0v) is 14.9. The highest BCUT2D eigenvalue weighted by atomic mass is 32.2.